The number of hydrogen-bond acceptors (Lipinski definition) is 4. The Balaban J connectivity index is 0.00000112. The fourth-order valence-corrected chi connectivity index (χ4v) is 1.58. The van der Waals surface area contributed by atoms with Crippen molar-refractivity contribution in [3.8, 4) is 0 Å². The molecule has 0 fully saturated rings. The van der Waals surface area contributed by atoms with Gasteiger partial charge in [-0.1, -0.05) is 12.1 Å². The van der Waals surface area contributed by atoms with Crippen molar-refractivity contribution >= 4 is 23.9 Å². The fourth-order valence-electron chi connectivity index (χ4n) is 1.58. The van der Waals surface area contributed by atoms with Gasteiger partial charge in [0.15, 0.2) is 0 Å². The van der Waals surface area contributed by atoms with Crippen LogP contribution in [0.5, 0.6) is 0 Å². The molecule has 0 aliphatic carbocycles. The van der Waals surface area contributed by atoms with Crippen LogP contribution in [0.1, 0.15) is 12.0 Å². The molecule has 0 spiro atoms. The molecule has 1 aliphatic heterocycles. The van der Waals surface area contributed by atoms with Crippen LogP contribution in [0.25, 0.3) is 0 Å². The molecule has 1 atom stereocenters. The standard InChI is InChI=1S/C10H14N4.ClH/c11-6-5-9-13-8-4-2-1-3-7(8)10(12)14-9;/h1-4,9,13H,5-6,11H2,(H2,12,14);1H. The van der Waals surface area contributed by atoms with Crippen molar-refractivity contribution in [1.29, 1.82) is 0 Å². The first-order chi connectivity index (χ1) is 6.81. The van der Waals surface area contributed by atoms with Crippen LogP contribution < -0.4 is 16.8 Å². The number of rotatable bonds is 2. The molecule has 1 unspecified atom stereocenters. The van der Waals surface area contributed by atoms with Crippen LogP contribution in [0.3, 0.4) is 0 Å². The van der Waals surface area contributed by atoms with Gasteiger partial charge in [-0.05, 0) is 18.7 Å². The molecular formula is C10H15ClN4. The SMILES string of the molecule is Cl.NCCC1N=C(N)c2ccccc2N1. The molecular weight excluding hydrogens is 212 g/mol. The Morgan fingerprint density at radius 1 is 1.33 bits per heavy atom. The maximum Gasteiger partial charge on any atom is 0.130 e. The van der Waals surface area contributed by atoms with Crippen molar-refractivity contribution in [2.24, 2.45) is 16.5 Å². The van der Waals surface area contributed by atoms with Crippen molar-refractivity contribution in [3.05, 3.63) is 29.8 Å². The summed E-state index contributed by atoms with van der Waals surface area (Å²) in [7, 11) is 0. The zero-order valence-corrected chi connectivity index (χ0v) is 9.13. The number of benzene rings is 1. The zero-order chi connectivity index (χ0) is 9.97. The first kappa shape index (κ1) is 11.8. The highest BCUT2D eigenvalue weighted by Crippen LogP contribution is 2.21. The van der Waals surface area contributed by atoms with Crippen LogP contribution >= 0.6 is 12.4 Å². The van der Waals surface area contributed by atoms with E-state index in [1.165, 1.54) is 0 Å². The van der Waals surface area contributed by atoms with E-state index in [-0.39, 0.29) is 18.6 Å². The lowest BCUT2D eigenvalue weighted by molar-refractivity contribution is 0.685. The molecule has 1 aromatic carbocycles. The van der Waals surface area contributed by atoms with Crippen molar-refractivity contribution in [2.45, 2.75) is 12.6 Å². The lowest BCUT2D eigenvalue weighted by Gasteiger charge is -2.23. The van der Waals surface area contributed by atoms with Crippen molar-refractivity contribution in [2.75, 3.05) is 11.9 Å². The molecule has 1 aliphatic rings. The first-order valence-corrected chi connectivity index (χ1v) is 4.70. The van der Waals surface area contributed by atoms with Crippen LogP contribution in [-0.4, -0.2) is 18.5 Å². The van der Waals surface area contributed by atoms with E-state index in [0.29, 0.717) is 12.4 Å². The minimum absolute atomic E-state index is 0. The van der Waals surface area contributed by atoms with Crippen molar-refractivity contribution < 1.29 is 0 Å². The second-order valence-electron chi connectivity index (χ2n) is 3.30. The summed E-state index contributed by atoms with van der Waals surface area (Å²) in [5.41, 5.74) is 13.3. The summed E-state index contributed by atoms with van der Waals surface area (Å²) in [6, 6.07) is 7.89. The van der Waals surface area contributed by atoms with Crippen molar-refractivity contribution in [3.63, 3.8) is 0 Å². The van der Waals surface area contributed by atoms with Crippen LogP contribution in [0, 0.1) is 0 Å². The van der Waals surface area contributed by atoms with E-state index in [1.807, 2.05) is 24.3 Å². The predicted octanol–water partition coefficient (Wildman–Crippen LogP) is 0.914. The number of aliphatic imine (C=N–C) groups is 1. The third kappa shape index (κ3) is 2.40. The van der Waals surface area contributed by atoms with Crippen LogP contribution in [0.15, 0.2) is 29.3 Å². The van der Waals surface area contributed by atoms with E-state index < -0.39 is 0 Å². The number of para-hydroxylation sites is 1. The summed E-state index contributed by atoms with van der Waals surface area (Å²) in [5, 5.41) is 3.28. The molecule has 5 heteroatoms. The number of hydrogen-bond donors (Lipinski definition) is 3. The van der Waals surface area contributed by atoms with E-state index in [2.05, 4.69) is 10.3 Å². The highest BCUT2D eigenvalue weighted by molar-refractivity contribution is 6.03. The third-order valence-corrected chi connectivity index (χ3v) is 2.26. The average molecular weight is 227 g/mol. The monoisotopic (exact) mass is 226 g/mol. The van der Waals surface area contributed by atoms with Crippen LogP contribution in [0.4, 0.5) is 5.69 Å². The molecule has 5 N–H and O–H groups in total. The molecule has 4 nitrogen and oxygen atoms in total. The number of halogens is 1. The molecule has 0 amide bonds. The van der Waals surface area contributed by atoms with Gasteiger partial charge in [0.25, 0.3) is 0 Å². The van der Waals surface area contributed by atoms with Gasteiger partial charge in [-0.25, -0.2) is 4.99 Å². The van der Waals surface area contributed by atoms with Gasteiger partial charge in [0.2, 0.25) is 0 Å². The van der Waals surface area contributed by atoms with Crippen molar-refractivity contribution in [1.82, 2.24) is 0 Å². The summed E-state index contributed by atoms with van der Waals surface area (Å²) in [6.07, 6.45) is 0.824. The number of nitrogens with zero attached hydrogens (tertiary/aromatic N) is 1. The number of nitrogens with one attached hydrogen (secondary N) is 1. The predicted molar refractivity (Wildman–Crippen MR) is 65.5 cm³/mol. The summed E-state index contributed by atoms with van der Waals surface area (Å²) in [4.78, 5) is 4.32. The zero-order valence-electron chi connectivity index (χ0n) is 8.31. The molecule has 0 bridgehead atoms. The first-order valence-electron chi connectivity index (χ1n) is 4.70. The van der Waals surface area contributed by atoms with Gasteiger partial charge in [0.1, 0.15) is 12.0 Å². The Hall–Kier alpha value is -1.26. The lowest BCUT2D eigenvalue weighted by atomic mass is 10.1. The molecule has 82 valence electrons. The summed E-state index contributed by atoms with van der Waals surface area (Å²) in [6.45, 7) is 0.608. The van der Waals surface area contributed by atoms with Gasteiger partial charge in [-0.3, -0.25) is 0 Å². The molecule has 0 saturated heterocycles. The van der Waals surface area contributed by atoms with Crippen LogP contribution in [-0.2, 0) is 0 Å². The quantitative estimate of drug-likeness (QED) is 0.702. The van der Waals surface area contributed by atoms with E-state index in [9.17, 15) is 0 Å². The highest BCUT2D eigenvalue weighted by Gasteiger charge is 2.16. The Kier molecular flexibility index (Phi) is 3.94. The summed E-state index contributed by atoms with van der Waals surface area (Å²) >= 11 is 0. The Morgan fingerprint density at radius 3 is 2.80 bits per heavy atom. The lowest BCUT2D eigenvalue weighted by Crippen LogP contribution is -2.31. The minimum atomic E-state index is 0. The largest absolute Gasteiger partial charge is 0.383 e. The number of fused-ring (bicyclic) bond motifs is 1. The van der Waals surface area contributed by atoms with E-state index in [4.69, 9.17) is 11.5 Å². The van der Waals surface area contributed by atoms with E-state index in [1.54, 1.807) is 0 Å². The summed E-state index contributed by atoms with van der Waals surface area (Å²) < 4.78 is 0. The minimum Gasteiger partial charge on any atom is -0.383 e. The van der Waals surface area contributed by atoms with E-state index in [0.717, 1.165) is 17.7 Å². The Morgan fingerprint density at radius 2 is 2.07 bits per heavy atom. The third-order valence-electron chi connectivity index (χ3n) is 2.26. The molecule has 0 radical (unpaired) electrons. The van der Waals surface area contributed by atoms with Gasteiger partial charge in [-0.2, -0.15) is 0 Å². The maximum atomic E-state index is 5.84. The molecule has 0 saturated carbocycles. The second kappa shape index (κ2) is 5.00. The fraction of sp³-hybridized carbons (Fsp3) is 0.300. The Bertz CT molecular complexity index is 364. The summed E-state index contributed by atoms with van der Waals surface area (Å²) in [5.74, 6) is 0.595. The van der Waals surface area contributed by atoms with Crippen LogP contribution in [0.2, 0.25) is 0 Å². The molecule has 1 aromatic rings. The molecule has 2 rings (SSSR count). The number of nitrogens with two attached hydrogens (primary N) is 2. The number of amidine groups is 1. The Labute approximate surface area is 95.2 Å². The molecule has 0 aromatic heterocycles. The average Bonchev–Trinajstić information content (AvgIpc) is 2.18. The van der Waals surface area contributed by atoms with Gasteiger partial charge in [-0.15, -0.1) is 12.4 Å². The van der Waals surface area contributed by atoms with Gasteiger partial charge in [0, 0.05) is 17.7 Å². The normalized spacial score (nSPS) is 18.2. The molecule has 1 heterocycles. The maximum absolute atomic E-state index is 5.84. The topological polar surface area (TPSA) is 76.4 Å². The highest BCUT2D eigenvalue weighted by atomic mass is 35.5. The second-order valence-corrected chi connectivity index (χ2v) is 3.30. The smallest absolute Gasteiger partial charge is 0.130 e. The van der Waals surface area contributed by atoms with Gasteiger partial charge >= 0.3 is 0 Å². The van der Waals surface area contributed by atoms with Gasteiger partial charge in [0.05, 0.1) is 0 Å². The molecule has 15 heavy (non-hydrogen) atoms. The number of anilines is 1. The van der Waals surface area contributed by atoms with Gasteiger partial charge < -0.3 is 16.8 Å². The van der Waals surface area contributed by atoms with E-state index >= 15 is 0 Å².